The summed E-state index contributed by atoms with van der Waals surface area (Å²) in [6.45, 7) is 4.34. The Balaban J connectivity index is 1.62. The molecule has 4 nitrogen and oxygen atoms in total. The van der Waals surface area contributed by atoms with E-state index >= 15 is 0 Å². The van der Waals surface area contributed by atoms with Gasteiger partial charge in [0.25, 0.3) is 5.91 Å². The predicted molar refractivity (Wildman–Crippen MR) is 137 cm³/mol. The van der Waals surface area contributed by atoms with Gasteiger partial charge in [-0.3, -0.25) is 4.79 Å². The second-order valence-electron chi connectivity index (χ2n) is 9.32. The van der Waals surface area contributed by atoms with E-state index in [2.05, 4.69) is 30.4 Å². The average Bonchev–Trinajstić information content (AvgIpc) is 2.84. The molecule has 0 atom stereocenters. The first-order chi connectivity index (χ1) is 16.0. The highest BCUT2D eigenvalue weighted by Crippen LogP contribution is 2.37. The summed E-state index contributed by atoms with van der Waals surface area (Å²) in [7, 11) is 1.93. The lowest BCUT2D eigenvalue weighted by molar-refractivity contribution is 0.0689. The quantitative estimate of drug-likeness (QED) is 0.399. The first kappa shape index (κ1) is 25.7. The van der Waals surface area contributed by atoms with Crippen LogP contribution in [0.25, 0.3) is 0 Å². The molecule has 180 valence electrons. The van der Waals surface area contributed by atoms with Crippen LogP contribution in [0.15, 0.2) is 42.5 Å². The fourth-order valence-electron chi connectivity index (χ4n) is 4.95. The van der Waals surface area contributed by atoms with Crippen molar-refractivity contribution in [3.05, 3.63) is 69.7 Å². The Morgan fingerprint density at radius 1 is 1.09 bits per heavy atom. The maximum Gasteiger partial charge on any atom is 0.253 e. The van der Waals surface area contributed by atoms with Crippen LogP contribution in [0.2, 0.25) is 5.02 Å². The zero-order chi connectivity index (χ0) is 23.6. The first-order valence-electron chi connectivity index (χ1n) is 12.5. The van der Waals surface area contributed by atoms with Crippen molar-refractivity contribution in [1.82, 2.24) is 10.2 Å². The topological polar surface area (TPSA) is 52.6 Å². The second kappa shape index (κ2) is 13.1. The van der Waals surface area contributed by atoms with E-state index in [0.717, 1.165) is 38.8 Å². The molecule has 1 aliphatic rings. The molecule has 0 aromatic heterocycles. The Morgan fingerprint density at radius 2 is 1.82 bits per heavy atom. The number of aliphatic hydroxyl groups excluding tert-OH is 1. The van der Waals surface area contributed by atoms with E-state index in [1.165, 1.54) is 36.0 Å². The van der Waals surface area contributed by atoms with E-state index < -0.39 is 0 Å². The van der Waals surface area contributed by atoms with Gasteiger partial charge in [-0.05, 0) is 91.9 Å². The van der Waals surface area contributed by atoms with Crippen molar-refractivity contribution in [3.63, 3.8) is 0 Å². The number of nitrogens with one attached hydrogen (secondary N) is 1. The van der Waals surface area contributed by atoms with Crippen molar-refractivity contribution in [2.45, 2.75) is 76.8 Å². The third-order valence-corrected chi connectivity index (χ3v) is 7.23. The van der Waals surface area contributed by atoms with Gasteiger partial charge in [0.2, 0.25) is 0 Å². The highest BCUT2D eigenvalue weighted by Gasteiger charge is 2.28. The number of carbonyl (C=O) groups is 1. The number of unbranched alkanes of at least 4 members (excludes halogenated alkanes) is 2. The van der Waals surface area contributed by atoms with Gasteiger partial charge in [0.05, 0.1) is 0 Å². The molecule has 3 rings (SSSR count). The third kappa shape index (κ3) is 7.30. The van der Waals surface area contributed by atoms with Gasteiger partial charge in [-0.15, -0.1) is 0 Å². The summed E-state index contributed by atoms with van der Waals surface area (Å²) in [4.78, 5) is 14.8. The Kier molecular flexibility index (Phi) is 10.2. The number of rotatable bonds is 11. The maximum absolute atomic E-state index is 12.9. The largest absolute Gasteiger partial charge is 0.396 e. The third-order valence-electron chi connectivity index (χ3n) is 6.98. The fraction of sp³-hybridized carbons (Fsp3) is 0.536. The zero-order valence-corrected chi connectivity index (χ0v) is 20.9. The monoisotopic (exact) mass is 470 g/mol. The lowest BCUT2D eigenvalue weighted by Gasteiger charge is -2.35. The van der Waals surface area contributed by atoms with Crippen molar-refractivity contribution < 1.29 is 9.90 Å². The SMILES string of the molecule is CCCCCNCc1cc(CCO)ccc1C1CCC(N(C)C(=O)c2ccc(Cl)cc2)CC1. The highest BCUT2D eigenvalue weighted by atomic mass is 35.5. The number of aliphatic hydroxyl groups is 1. The van der Waals surface area contributed by atoms with Crippen LogP contribution in [-0.4, -0.2) is 42.2 Å². The maximum atomic E-state index is 12.9. The molecule has 0 aliphatic heterocycles. The Bertz CT molecular complexity index is 876. The molecule has 1 aliphatic carbocycles. The second-order valence-corrected chi connectivity index (χ2v) is 9.76. The molecule has 0 bridgehead atoms. The zero-order valence-electron chi connectivity index (χ0n) is 20.2. The van der Waals surface area contributed by atoms with Crippen molar-refractivity contribution in [2.24, 2.45) is 0 Å². The molecular weight excluding hydrogens is 432 g/mol. The van der Waals surface area contributed by atoms with Crippen LogP contribution in [0.3, 0.4) is 0 Å². The van der Waals surface area contributed by atoms with Crippen molar-refractivity contribution >= 4 is 17.5 Å². The lowest BCUT2D eigenvalue weighted by Crippen LogP contribution is -2.39. The van der Waals surface area contributed by atoms with E-state index in [0.29, 0.717) is 22.9 Å². The molecule has 5 heteroatoms. The van der Waals surface area contributed by atoms with Gasteiger partial charge in [-0.2, -0.15) is 0 Å². The van der Waals surface area contributed by atoms with Gasteiger partial charge < -0.3 is 15.3 Å². The normalized spacial score (nSPS) is 18.3. The molecule has 2 aromatic rings. The molecule has 1 saturated carbocycles. The summed E-state index contributed by atoms with van der Waals surface area (Å²) in [5.41, 5.74) is 4.70. The van der Waals surface area contributed by atoms with Gasteiger partial charge in [-0.1, -0.05) is 49.6 Å². The van der Waals surface area contributed by atoms with Crippen molar-refractivity contribution in [1.29, 1.82) is 0 Å². The summed E-state index contributed by atoms with van der Waals surface area (Å²) < 4.78 is 0. The molecule has 0 unspecified atom stereocenters. The molecule has 0 saturated heterocycles. The van der Waals surface area contributed by atoms with E-state index in [1.54, 1.807) is 24.3 Å². The number of nitrogens with zero attached hydrogens (tertiary/aromatic N) is 1. The minimum absolute atomic E-state index is 0.0699. The summed E-state index contributed by atoms with van der Waals surface area (Å²) in [6.07, 6.45) is 8.61. The Hall–Kier alpha value is -1.88. The molecule has 1 fully saturated rings. The van der Waals surface area contributed by atoms with Gasteiger partial charge in [0.1, 0.15) is 0 Å². The van der Waals surface area contributed by atoms with Gasteiger partial charge >= 0.3 is 0 Å². The summed E-state index contributed by atoms with van der Waals surface area (Å²) in [6, 6.07) is 14.2. The number of benzene rings is 2. The van der Waals surface area contributed by atoms with Crippen LogP contribution < -0.4 is 5.32 Å². The molecule has 2 N–H and O–H groups in total. The fourth-order valence-corrected chi connectivity index (χ4v) is 5.08. The van der Waals surface area contributed by atoms with E-state index in [-0.39, 0.29) is 18.6 Å². The molecule has 1 amide bonds. The van der Waals surface area contributed by atoms with E-state index in [1.807, 2.05) is 11.9 Å². The molecule has 33 heavy (non-hydrogen) atoms. The smallest absolute Gasteiger partial charge is 0.253 e. The van der Waals surface area contributed by atoms with Gasteiger partial charge in [-0.25, -0.2) is 0 Å². The van der Waals surface area contributed by atoms with Crippen LogP contribution in [0.4, 0.5) is 0 Å². The minimum Gasteiger partial charge on any atom is -0.396 e. The number of amides is 1. The number of carbonyl (C=O) groups excluding carboxylic acids is 1. The molecule has 2 aromatic carbocycles. The molecular formula is C28H39ClN2O2. The predicted octanol–water partition coefficient (Wildman–Crippen LogP) is 5.95. The minimum atomic E-state index is 0.0699. The first-order valence-corrected chi connectivity index (χ1v) is 12.9. The lowest BCUT2D eigenvalue weighted by atomic mass is 9.79. The van der Waals surface area contributed by atoms with Gasteiger partial charge in [0, 0.05) is 36.8 Å². The highest BCUT2D eigenvalue weighted by molar-refractivity contribution is 6.30. The Labute approximate surface area is 204 Å². The molecule has 0 heterocycles. The summed E-state index contributed by atoms with van der Waals surface area (Å²) in [5, 5.41) is 13.6. The van der Waals surface area contributed by atoms with Crippen LogP contribution in [0, 0.1) is 0 Å². The van der Waals surface area contributed by atoms with Crippen molar-refractivity contribution in [2.75, 3.05) is 20.2 Å². The van der Waals surface area contributed by atoms with Gasteiger partial charge in [0.15, 0.2) is 0 Å². The Morgan fingerprint density at radius 3 is 2.48 bits per heavy atom. The number of hydrogen-bond donors (Lipinski definition) is 2. The average molecular weight is 471 g/mol. The van der Waals surface area contributed by atoms with Crippen LogP contribution in [0.1, 0.15) is 84.8 Å². The van der Waals surface area contributed by atoms with Crippen molar-refractivity contribution in [3.8, 4) is 0 Å². The van der Waals surface area contributed by atoms with Crippen LogP contribution in [0.5, 0.6) is 0 Å². The number of halogens is 1. The van der Waals surface area contributed by atoms with Crippen LogP contribution >= 0.6 is 11.6 Å². The summed E-state index contributed by atoms with van der Waals surface area (Å²) >= 11 is 5.97. The van der Waals surface area contributed by atoms with E-state index in [9.17, 15) is 9.90 Å². The van der Waals surface area contributed by atoms with E-state index in [4.69, 9.17) is 11.6 Å². The number of hydrogen-bond acceptors (Lipinski definition) is 3. The molecule has 0 radical (unpaired) electrons. The van der Waals surface area contributed by atoms with Crippen LogP contribution in [-0.2, 0) is 13.0 Å². The standard InChI is InChI=1S/C28H39ClN2O2/c1-3-4-5-17-30-20-24-19-21(16-18-32)6-15-27(24)22-9-13-26(14-10-22)31(2)28(33)23-7-11-25(29)12-8-23/h6-8,11-12,15,19,22,26,30,32H,3-5,9-10,13-14,16-18,20H2,1-2H3. The summed E-state index contributed by atoms with van der Waals surface area (Å²) in [5.74, 6) is 0.594. The molecule has 0 spiro atoms.